The Bertz CT molecular complexity index is 580. The number of carboxylic acid groups (broad SMARTS) is 1. The molecule has 1 aromatic carbocycles. The summed E-state index contributed by atoms with van der Waals surface area (Å²) in [5, 5.41) is 10.00. The van der Waals surface area contributed by atoms with Crippen molar-refractivity contribution in [1.29, 1.82) is 0 Å². The predicted octanol–water partition coefficient (Wildman–Crippen LogP) is 1.39. The molecule has 6 heteroatoms. The Labute approximate surface area is 112 Å². The van der Waals surface area contributed by atoms with E-state index in [-0.39, 0.29) is 13.1 Å². The second-order valence-corrected chi connectivity index (χ2v) is 6.26. The summed E-state index contributed by atoms with van der Waals surface area (Å²) in [5.41, 5.74) is 0.792. The van der Waals surface area contributed by atoms with E-state index in [0.717, 1.165) is 11.0 Å². The maximum atomic E-state index is 12.0. The Hall–Kier alpha value is -1.66. The first-order valence-electron chi connectivity index (χ1n) is 5.95. The summed E-state index contributed by atoms with van der Waals surface area (Å²) in [6.45, 7) is 0.315. The molecule has 2 rings (SSSR count). The fraction of sp³-hybridized carbons (Fsp3) is 0.308. The van der Waals surface area contributed by atoms with Crippen LogP contribution in [0.25, 0.3) is 6.08 Å². The second-order valence-electron chi connectivity index (χ2n) is 4.44. The van der Waals surface area contributed by atoms with Gasteiger partial charge in [0.25, 0.3) is 0 Å². The van der Waals surface area contributed by atoms with E-state index in [2.05, 4.69) is 0 Å². The number of sulfonamides is 1. The molecule has 0 radical (unpaired) electrons. The Kier molecular flexibility index (Phi) is 4.01. The van der Waals surface area contributed by atoms with Gasteiger partial charge in [-0.3, -0.25) is 4.79 Å². The molecule has 19 heavy (non-hydrogen) atoms. The van der Waals surface area contributed by atoms with E-state index in [1.807, 2.05) is 18.2 Å². The van der Waals surface area contributed by atoms with E-state index in [1.54, 1.807) is 12.1 Å². The van der Waals surface area contributed by atoms with Gasteiger partial charge in [-0.05, 0) is 18.1 Å². The summed E-state index contributed by atoms with van der Waals surface area (Å²) in [4.78, 5) is 10.8. The van der Waals surface area contributed by atoms with Gasteiger partial charge in [0, 0.05) is 18.5 Å². The van der Waals surface area contributed by atoms with E-state index in [4.69, 9.17) is 5.11 Å². The topological polar surface area (TPSA) is 74.7 Å². The highest BCUT2D eigenvalue weighted by atomic mass is 32.2. The van der Waals surface area contributed by atoms with Crippen LogP contribution in [0.15, 0.2) is 35.7 Å². The van der Waals surface area contributed by atoms with Crippen LogP contribution in [0.2, 0.25) is 0 Å². The van der Waals surface area contributed by atoms with Gasteiger partial charge in [0.1, 0.15) is 0 Å². The fourth-order valence-electron chi connectivity index (χ4n) is 1.98. The van der Waals surface area contributed by atoms with Gasteiger partial charge in [-0.2, -0.15) is 4.31 Å². The molecule has 0 aliphatic carbocycles. The van der Waals surface area contributed by atoms with Crippen molar-refractivity contribution in [1.82, 2.24) is 4.31 Å². The third kappa shape index (κ3) is 3.42. The summed E-state index contributed by atoms with van der Waals surface area (Å²) in [7, 11) is -3.54. The molecule has 1 aliphatic rings. The monoisotopic (exact) mass is 281 g/mol. The van der Waals surface area contributed by atoms with E-state index in [0.29, 0.717) is 6.42 Å². The zero-order chi connectivity index (χ0) is 13.9. The lowest BCUT2D eigenvalue weighted by atomic mass is 10.1. The molecule has 1 fully saturated rings. The minimum atomic E-state index is -3.54. The molecule has 1 saturated heterocycles. The van der Waals surface area contributed by atoms with Crippen LogP contribution in [0, 0.1) is 5.92 Å². The lowest BCUT2D eigenvalue weighted by Crippen LogP contribution is -2.28. The average Bonchev–Trinajstić information content (AvgIpc) is 2.88. The first-order chi connectivity index (χ1) is 8.99. The maximum Gasteiger partial charge on any atom is 0.307 e. The van der Waals surface area contributed by atoms with Crippen molar-refractivity contribution < 1.29 is 18.3 Å². The van der Waals surface area contributed by atoms with E-state index < -0.39 is 21.9 Å². The highest BCUT2D eigenvalue weighted by Gasteiger charge is 2.33. The molecule has 1 aromatic rings. The molecular weight excluding hydrogens is 266 g/mol. The third-order valence-corrected chi connectivity index (χ3v) is 4.62. The van der Waals surface area contributed by atoms with E-state index in [1.165, 1.54) is 10.4 Å². The zero-order valence-electron chi connectivity index (χ0n) is 10.3. The fourth-order valence-corrected chi connectivity index (χ4v) is 3.22. The number of carboxylic acids is 1. The van der Waals surface area contributed by atoms with Crippen molar-refractivity contribution in [2.75, 3.05) is 13.1 Å². The molecule has 0 amide bonds. The lowest BCUT2D eigenvalue weighted by Gasteiger charge is -2.12. The van der Waals surface area contributed by atoms with Crippen molar-refractivity contribution in [3.05, 3.63) is 41.3 Å². The smallest absolute Gasteiger partial charge is 0.307 e. The summed E-state index contributed by atoms with van der Waals surface area (Å²) in [6, 6.07) is 9.10. The average molecular weight is 281 g/mol. The summed E-state index contributed by atoms with van der Waals surface area (Å²) < 4.78 is 25.3. The molecular formula is C13H15NO4S. The molecule has 0 saturated carbocycles. The van der Waals surface area contributed by atoms with Gasteiger partial charge in [0.2, 0.25) is 10.0 Å². The van der Waals surface area contributed by atoms with Crippen LogP contribution < -0.4 is 0 Å². The number of carbonyl (C=O) groups is 1. The number of benzene rings is 1. The SMILES string of the molecule is O=C(O)[C@H]1CCN(S(=O)(=O)/C=C/c2ccccc2)C1. The second kappa shape index (κ2) is 5.54. The first-order valence-corrected chi connectivity index (χ1v) is 7.45. The van der Waals surface area contributed by atoms with Crippen molar-refractivity contribution in [3.63, 3.8) is 0 Å². The van der Waals surface area contributed by atoms with Crippen LogP contribution in [0.5, 0.6) is 0 Å². The zero-order valence-corrected chi connectivity index (χ0v) is 11.1. The van der Waals surface area contributed by atoms with Gasteiger partial charge in [-0.25, -0.2) is 8.42 Å². The Morgan fingerprint density at radius 1 is 1.32 bits per heavy atom. The standard InChI is InChI=1S/C13H15NO4S/c15-13(16)12-6-8-14(10-12)19(17,18)9-7-11-4-2-1-3-5-11/h1-5,7,9,12H,6,8,10H2,(H,15,16)/b9-7+/t12-/m0/s1. The Balaban J connectivity index is 2.08. The number of nitrogens with zero attached hydrogens (tertiary/aromatic N) is 1. The summed E-state index contributed by atoms with van der Waals surface area (Å²) in [6.07, 6.45) is 1.89. The van der Waals surface area contributed by atoms with Gasteiger partial charge in [0.05, 0.1) is 5.92 Å². The van der Waals surface area contributed by atoms with Crippen molar-refractivity contribution >= 4 is 22.1 Å². The van der Waals surface area contributed by atoms with Gasteiger partial charge in [-0.15, -0.1) is 0 Å². The predicted molar refractivity (Wildman–Crippen MR) is 71.7 cm³/mol. The molecule has 0 bridgehead atoms. The Morgan fingerprint density at radius 3 is 2.58 bits per heavy atom. The first kappa shape index (κ1) is 13.8. The highest BCUT2D eigenvalue weighted by Crippen LogP contribution is 2.20. The molecule has 1 atom stereocenters. The third-order valence-electron chi connectivity index (χ3n) is 3.09. The normalized spacial score (nSPS) is 20.9. The molecule has 1 N–H and O–H groups in total. The minimum Gasteiger partial charge on any atom is -0.481 e. The lowest BCUT2D eigenvalue weighted by molar-refractivity contribution is -0.141. The van der Waals surface area contributed by atoms with Crippen LogP contribution in [0.3, 0.4) is 0 Å². The number of hydrogen-bond donors (Lipinski definition) is 1. The molecule has 102 valence electrons. The largest absolute Gasteiger partial charge is 0.481 e. The molecule has 0 unspecified atom stereocenters. The van der Waals surface area contributed by atoms with Gasteiger partial charge >= 0.3 is 5.97 Å². The molecule has 0 aromatic heterocycles. The quantitative estimate of drug-likeness (QED) is 0.905. The van der Waals surface area contributed by atoms with Gasteiger partial charge in [-0.1, -0.05) is 30.3 Å². The van der Waals surface area contributed by atoms with Crippen LogP contribution in [0.4, 0.5) is 0 Å². The van der Waals surface area contributed by atoms with Crippen LogP contribution >= 0.6 is 0 Å². The van der Waals surface area contributed by atoms with E-state index in [9.17, 15) is 13.2 Å². The molecule has 1 heterocycles. The van der Waals surface area contributed by atoms with Gasteiger partial charge < -0.3 is 5.11 Å². The molecule has 1 aliphatic heterocycles. The summed E-state index contributed by atoms with van der Waals surface area (Å²) >= 11 is 0. The van der Waals surface area contributed by atoms with Crippen molar-refractivity contribution in [2.45, 2.75) is 6.42 Å². The van der Waals surface area contributed by atoms with Crippen LogP contribution in [0.1, 0.15) is 12.0 Å². The van der Waals surface area contributed by atoms with Crippen LogP contribution in [-0.4, -0.2) is 36.9 Å². The molecule has 0 spiro atoms. The maximum absolute atomic E-state index is 12.0. The number of rotatable bonds is 4. The minimum absolute atomic E-state index is 0.0524. The number of aliphatic carboxylic acids is 1. The summed E-state index contributed by atoms with van der Waals surface area (Å²) in [5.74, 6) is -1.54. The molecule has 5 nitrogen and oxygen atoms in total. The van der Waals surface area contributed by atoms with Crippen LogP contribution in [-0.2, 0) is 14.8 Å². The van der Waals surface area contributed by atoms with E-state index >= 15 is 0 Å². The highest BCUT2D eigenvalue weighted by molar-refractivity contribution is 7.92. The number of hydrogen-bond acceptors (Lipinski definition) is 3. The van der Waals surface area contributed by atoms with Crippen molar-refractivity contribution in [3.8, 4) is 0 Å². The Morgan fingerprint density at radius 2 is 2.00 bits per heavy atom. The van der Waals surface area contributed by atoms with Gasteiger partial charge in [0.15, 0.2) is 0 Å². The van der Waals surface area contributed by atoms with Crippen molar-refractivity contribution in [2.24, 2.45) is 5.92 Å².